The molecule has 2 aromatic rings. The van der Waals surface area contributed by atoms with Crippen molar-refractivity contribution in [1.82, 2.24) is 19.7 Å². The van der Waals surface area contributed by atoms with E-state index in [2.05, 4.69) is 16.2 Å². The molecule has 118 valence electrons. The molecule has 3 heterocycles. The fourth-order valence-corrected chi connectivity index (χ4v) is 2.50. The third-order valence-electron chi connectivity index (χ3n) is 3.68. The summed E-state index contributed by atoms with van der Waals surface area (Å²) < 4.78 is 1.30. The van der Waals surface area contributed by atoms with E-state index in [1.807, 2.05) is 12.1 Å². The van der Waals surface area contributed by atoms with Gasteiger partial charge in [0.25, 0.3) is 0 Å². The second-order valence-electron chi connectivity index (χ2n) is 5.22. The fraction of sp³-hybridized carbons (Fsp3) is 0.267. The number of rotatable bonds is 4. The zero-order valence-electron chi connectivity index (χ0n) is 12.3. The van der Waals surface area contributed by atoms with E-state index in [9.17, 15) is 14.9 Å². The first-order valence-corrected chi connectivity index (χ1v) is 7.17. The Morgan fingerprint density at radius 1 is 1.35 bits per heavy atom. The number of hydrogen-bond acceptors (Lipinski definition) is 5. The van der Waals surface area contributed by atoms with Crippen molar-refractivity contribution in [3.8, 4) is 0 Å². The van der Waals surface area contributed by atoms with Gasteiger partial charge in [-0.05, 0) is 29.7 Å². The van der Waals surface area contributed by atoms with Crippen molar-refractivity contribution in [2.75, 3.05) is 13.1 Å². The van der Waals surface area contributed by atoms with E-state index in [1.165, 1.54) is 10.9 Å². The standard InChI is InChI=1S/C15H15N5O3/c21-15(11-19-10-14(8-17-19)20(22)23)18-7-1-2-13(9-18)12-3-5-16-6-4-12/h2-6,8,10H,1,7,9,11H2. The van der Waals surface area contributed by atoms with E-state index in [1.54, 1.807) is 17.3 Å². The van der Waals surface area contributed by atoms with Crippen LogP contribution in [0.2, 0.25) is 0 Å². The first-order valence-electron chi connectivity index (χ1n) is 7.17. The Labute approximate surface area is 132 Å². The summed E-state index contributed by atoms with van der Waals surface area (Å²) >= 11 is 0. The van der Waals surface area contributed by atoms with Crippen LogP contribution in [-0.4, -0.2) is 43.6 Å². The maximum Gasteiger partial charge on any atom is 0.307 e. The second-order valence-corrected chi connectivity index (χ2v) is 5.22. The van der Waals surface area contributed by atoms with Crippen LogP contribution >= 0.6 is 0 Å². The van der Waals surface area contributed by atoms with Crippen molar-refractivity contribution in [2.45, 2.75) is 13.0 Å². The smallest absolute Gasteiger partial charge is 0.307 e. The van der Waals surface area contributed by atoms with Crippen LogP contribution in [0.25, 0.3) is 5.57 Å². The molecule has 0 fully saturated rings. The summed E-state index contributed by atoms with van der Waals surface area (Å²) in [5.74, 6) is -0.109. The molecule has 3 rings (SSSR count). The quantitative estimate of drug-likeness (QED) is 0.630. The summed E-state index contributed by atoms with van der Waals surface area (Å²) in [5, 5.41) is 14.5. The normalized spacial score (nSPS) is 14.4. The van der Waals surface area contributed by atoms with Gasteiger partial charge in [0.15, 0.2) is 0 Å². The Hall–Kier alpha value is -3.03. The van der Waals surface area contributed by atoms with Crippen molar-refractivity contribution < 1.29 is 9.72 Å². The number of carbonyl (C=O) groups is 1. The molecule has 8 nitrogen and oxygen atoms in total. The number of nitrogens with zero attached hydrogens (tertiary/aromatic N) is 5. The van der Waals surface area contributed by atoms with Crippen molar-refractivity contribution >= 4 is 17.2 Å². The molecule has 2 aromatic heterocycles. The van der Waals surface area contributed by atoms with Gasteiger partial charge < -0.3 is 4.90 Å². The monoisotopic (exact) mass is 313 g/mol. The van der Waals surface area contributed by atoms with Crippen molar-refractivity contribution in [3.05, 3.63) is 58.7 Å². The molecule has 0 saturated carbocycles. The molecule has 0 saturated heterocycles. The highest BCUT2D eigenvalue weighted by Crippen LogP contribution is 2.20. The highest BCUT2D eigenvalue weighted by Gasteiger charge is 2.20. The average Bonchev–Trinajstić information content (AvgIpc) is 3.04. The second kappa shape index (κ2) is 6.39. The van der Waals surface area contributed by atoms with Crippen LogP contribution in [0.4, 0.5) is 5.69 Å². The van der Waals surface area contributed by atoms with Gasteiger partial charge in [-0.1, -0.05) is 6.08 Å². The number of amides is 1. The molecular formula is C15H15N5O3. The molecule has 0 aromatic carbocycles. The van der Waals surface area contributed by atoms with Gasteiger partial charge in [-0.15, -0.1) is 0 Å². The minimum atomic E-state index is -0.529. The number of hydrogen-bond donors (Lipinski definition) is 0. The van der Waals surface area contributed by atoms with Gasteiger partial charge in [0.05, 0.1) is 4.92 Å². The van der Waals surface area contributed by atoms with Crippen LogP contribution in [-0.2, 0) is 11.3 Å². The molecule has 0 atom stereocenters. The first kappa shape index (κ1) is 14.9. The predicted octanol–water partition coefficient (Wildman–Crippen LogP) is 1.50. The lowest BCUT2D eigenvalue weighted by Crippen LogP contribution is -2.37. The zero-order chi connectivity index (χ0) is 16.2. The molecule has 0 spiro atoms. The van der Waals surface area contributed by atoms with Gasteiger partial charge in [0.2, 0.25) is 5.91 Å². The maximum atomic E-state index is 12.4. The Bertz CT molecular complexity index is 753. The molecule has 0 N–H and O–H groups in total. The summed E-state index contributed by atoms with van der Waals surface area (Å²) in [4.78, 5) is 28.2. The van der Waals surface area contributed by atoms with Crippen LogP contribution in [0.15, 0.2) is 43.0 Å². The van der Waals surface area contributed by atoms with E-state index in [0.717, 1.165) is 23.8 Å². The molecule has 1 amide bonds. The molecule has 0 bridgehead atoms. The highest BCUT2D eigenvalue weighted by atomic mass is 16.6. The number of nitro groups is 1. The summed E-state index contributed by atoms with van der Waals surface area (Å²) in [5.41, 5.74) is 2.01. The van der Waals surface area contributed by atoms with Gasteiger partial charge in [-0.3, -0.25) is 24.6 Å². The fourth-order valence-electron chi connectivity index (χ4n) is 2.50. The van der Waals surface area contributed by atoms with Crippen molar-refractivity contribution in [1.29, 1.82) is 0 Å². The third-order valence-corrected chi connectivity index (χ3v) is 3.68. The van der Waals surface area contributed by atoms with E-state index in [0.29, 0.717) is 13.1 Å². The van der Waals surface area contributed by atoms with Crippen LogP contribution in [0.3, 0.4) is 0 Å². The average molecular weight is 313 g/mol. The topological polar surface area (TPSA) is 94.2 Å². The maximum absolute atomic E-state index is 12.4. The summed E-state index contributed by atoms with van der Waals surface area (Å²) in [6.07, 6.45) is 8.76. The van der Waals surface area contributed by atoms with Crippen molar-refractivity contribution in [2.24, 2.45) is 0 Å². The molecule has 0 unspecified atom stereocenters. The number of aromatic nitrogens is 3. The van der Waals surface area contributed by atoms with Gasteiger partial charge >= 0.3 is 5.69 Å². The van der Waals surface area contributed by atoms with Gasteiger partial charge in [-0.25, -0.2) is 0 Å². The Balaban J connectivity index is 1.66. The minimum absolute atomic E-state index is 0.00251. The molecular weight excluding hydrogens is 298 g/mol. The number of carbonyl (C=O) groups excluding carboxylic acids is 1. The number of pyridine rings is 1. The van der Waals surface area contributed by atoms with Gasteiger partial charge in [-0.2, -0.15) is 5.10 Å². The summed E-state index contributed by atoms with van der Waals surface area (Å²) in [6.45, 7) is 1.15. The summed E-state index contributed by atoms with van der Waals surface area (Å²) in [6, 6.07) is 3.83. The van der Waals surface area contributed by atoms with Crippen LogP contribution in [0.1, 0.15) is 12.0 Å². The molecule has 23 heavy (non-hydrogen) atoms. The summed E-state index contributed by atoms with van der Waals surface area (Å²) in [7, 11) is 0. The van der Waals surface area contributed by atoms with Crippen LogP contribution < -0.4 is 0 Å². The molecule has 1 aliphatic heterocycles. The third kappa shape index (κ3) is 3.42. The first-order chi connectivity index (χ1) is 11.1. The Kier molecular flexibility index (Phi) is 4.13. The van der Waals surface area contributed by atoms with E-state index >= 15 is 0 Å². The van der Waals surface area contributed by atoms with E-state index in [4.69, 9.17) is 0 Å². The molecule has 8 heteroatoms. The molecule has 1 aliphatic rings. The van der Waals surface area contributed by atoms with Crippen molar-refractivity contribution in [3.63, 3.8) is 0 Å². The van der Waals surface area contributed by atoms with Gasteiger partial charge in [0, 0.05) is 25.5 Å². The van der Waals surface area contributed by atoms with Gasteiger partial charge in [0.1, 0.15) is 18.9 Å². The lowest BCUT2D eigenvalue weighted by atomic mass is 10.0. The molecule has 0 aliphatic carbocycles. The minimum Gasteiger partial charge on any atom is -0.336 e. The predicted molar refractivity (Wildman–Crippen MR) is 82.3 cm³/mol. The Morgan fingerprint density at radius 3 is 2.83 bits per heavy atom. The van der Waals surface area contributed by atoms with Crippen LogP contribution in [0.5, 0.6) is 0 Å². The highest BCUT2D eigenvalue weighted by molar-refractivity contribution is 5.80. The zero-order valence-corrected chi connectivity index (χ0v) is 12.3. The van der Waals surface area contributed by atoms with E-state index in [-0.39, 0.29) is 18.1 Å². The molecule has 0 radical (unpaired) electrons. The van der Waals surface area contributed by atoms with E-state index < -0.39 is 4.92 Å². The lowest BCUT2D eigenvalue weighted by Gasteiger charge is -2.27. The lowest BCUT2D eigenvalue weighted by molar-refractivity contribution is -0.385. The Morgan fingerprint density at radius 2 is 2.13 bits per heavy atom. The largest absolute Gasteiger partial charge is 0.336 e. The van der Waals surface area contributed by atoms with Crippen LogP contribution in [0, 0.1) is 10.1 Å². The SMILES string of the molecule is O=C(Cn1cc([N+](=O)[O-])cn1)N1CCC=C(c2ccncc2)C1.